The fourth-order valence-electron chi connectivity index (χ4n) is 1.43. The first-order valence-corrected chi connectivity index (χ1v) is 5.23. The first-order valence-electron chi connectivity index (χ1n) is 5.23. The maximum absolute atomic E-state index is 5.71. The maximum atomic E-state index is 5.71. The summed E-state index contributed by atoms with van der Waals surface area (Å²) in [7, 11) is 0. The molecule has 1 heterocycles. The Labute approximate surface area is 94.9 Å². The Bertz CT molecular complexity index is 443. The van der Waals surface area contributed by atoms with E-state index < -0.39 is 0 Å². The predicted molar refractivity (Wildman–Crippen MR) is 64.3 cm³/mol. The summed E-state index contributed by atoms with van der Waals surface area (Å²) in [5.41, 5.74) is 7.54. The van der Waals surface area contributed by atoms with Crippen molar-refractivity contribution in [2.75, 3.05) is 12.3 Å². The number of pyridine rings is 1. The van der Waals surface area contributed by atoms with E-state index in [-0.39, 0.29) is 0 Å². The summed E-state index contributed by atoms with van der Waals surface area (Å²) in [6.45, 7) is 0.589. The van der Waals surface area contributed by atoms with Crippen molar-refractivity contribution in [2.24, 2.45) is 0 Å². The van der Waals surface area contributed by atoms with Gasteiger partial charge in [0, 0.05) is 12.6 Å². The van der Waals surface area contributed by atoms with E-state index in [1.807, 2.05) is 18.2 Å². The smallest absolute Gasteiger partial charge is 0.237 e. The monoisotopic (exact) mass is 214 g/mol. The Morgan fingerprint density at radius 3 is 2.62 bits per heavy atom. The summed E-state index contributed by atoms with van der Waals surface area (Å²) in [5.74, 6) is 0.512. The largest absolute Gasteiger partial charge is 0.476 e. The van der Waals surface area contributed by atoms with Crippen LogP contribution in [0, 0.1) is 0 Å². The fourth-order valence-corrected chi connectivity index (χ4v) is 1.43. The summed E-state index contributed by atoms with van der Waals surface area (Å²) in [5, 5.41) is 0. The van der Waals surface area contributed by atoms with Crippen LogP contribution in [0.4, 0.5) is 5.69 Å². The van der Waals surface area contributed by atoms with Crippen LogP contribution in [0.5, 0.6) is 5.88 Å². The van der Waals surface area contributed by atoms with E-state index in [0.717, 1.165) is 6.42 Å². The van der Waals surface area contributed by atoms with Gasteiger partial charge in [-0.1, -0.05) is 30.3 Å². The first kappa shape index (κ1) is 10.5. The summed E-state index contributed by atoms with van der Waals surface area (Å²) in [6, 6.07) is 13.8. The Morgan fingerprint density at radius 2 is 1.88 bits per heavy atom. The number of aromatic nitrogens is 1. The van der Waals surface area contributed by atoms with Gasteiger partial charge in [-0.3, -0.25) is 0 Å². The minimum absolute atomic E-state index is 0.512. The van der Waals surface area contributed by atoms with Crippen LogP contribution < -0.4 is 10.5 Å². The summed E-state index contributed by atoms with van der Waals surface area (Å²) >= 11 is 0. The molecule has 3 nitrogen and oxygen atoms in total. The fraction of sp³-hybridized carbons (Fsp3) is 0.154. The number of nitrogens with zero attached hydrogens (tertiary/aromatic N) is 1. The molecule has 0 atom stereocenters. The van der Waals surface area contributed by atoms with Gasteiger partial charge in [-0.05, 0) is 17.7 Å². The molecule has 0 aliphatic heterocycles. The molecule has 2 aromatic rings. The lowest BCUT2D eigenvalue weighted by molar-refractivity contribution is 0.311. The number of nitrogen functional groups attached to an aromatic ring is 1. The van der Waals surface area contributed by atoms with Gasteiger partial charge in [0.25, 0.3) is 0 Å². The van der Waals surface area contributed by atoms with Gasteiger partial charge in [0.2, 0.25) is 5.88 Å². The Morgan fingerprint density at radius 1 is 1.06 bits per heavy atom. The van der Waals surface area contributed by atoms with E-state index in [1.165, 1.54) is 5.56 Å². The minimum atomic E-state index is 0.512. The standard InChI is InChI=1S/C13H14N2O/c14-12-7-4-9-15-13(12)16-10-8-11-5-2-1-3-6-11/h1-7,9H,8,10,14H2. The zero-order valence-electron chi connectivity index (χ0n) is 8.97. The number of hydrogen-bond acceptors (Lipinski definition) is 3. The Kier molecular flexibility index (Phi) is 3.38. The first-order chi connectivity index (χ1) is 7.86. The minimum Gasteiger partial charge on any atom is -0.476 e. The van der Waals surface area contributed by atoms with Crippen molar-refractivity contribution < 1.29 is 4.74 Å². The second-order valence-corrected chi connectivity index (χ2v) is 3.48. The molecule has 0 saturated carbocycles. The molecular formula is C13H14N2O. The highest BCUT2D eigenvalue weighted by molar-refractivity contribution is 5.46. The van der Waals surface area contributed by atoms with E-state index in [1.54, 1.807) is 18.3 Å². The highest BCUT2D eigenvalue weighted by Gasteiger charge is 1.99. The molecule has 1 aromatic heterocycles. The average Bonchev–Trinajstić information content (AvgIpc) is 2.33. The molecule has 2 rings (SSSR count). The lowest BCUT2D eigenvalue weighted by atomic mass is 10.2. The third-order valence-corrected chi connectivity index (χ3v) is 2.27. The van der Waals surface area contributed by atoms with Crippen LogP contribution >= 0.6 is 0 Å². The molecule has 16 heavy (non-hydrogen) atoms. The second-order valence-electron chi connectivity index (χ2n) is 3.48. The predicted octanol–water partition coefficient (Wildman–Crippen LogP) is 2.29. The number of rotatable bonds is 4. The van der Waals surface area contributed by atoms with Gasteiger partial charge >= 0.3 is 0 Å². The molecule has 1 aromatic carbocycles. The van der Waals surface area contributed by atoms with Gasteiger partial charge in [0.15, 0.2) is 0 Å². The molecule has 3 heteroatoms. The van der Waals surface area contributed by atoms with Crippen molar-refractivity contribution >= 4 is 5.69 Å². The molecular weight excluding hydrogens is 200 g/mol. The van der Waals surface area contributed by atoms with E-state index in [4.69, 9.17) is 10.5 Å². The third kappa shape index (κ3) is 2.73. The Hall–Kier alpha value is -2.03. The van der Waals surface area contributed by atoms with Crippen LogP contribution in [-0.4, -0.2) is 11.6 Å². The van der Waals surface area contributed by atoms with Gasteiger partial charge in [-0.25, -0.2) is 4.98 Å². The van der Waals surface area contributed by atoms with Crippen molar-refractivity contribution in [3.05, 3.63) is 54.2 Å². The van der Waals surface area contributed by atoms with Crippen molar-refractivity contribution in [1.29, 1.82) is 0 Å². The van der Waals surface area contributed by atoms with Gasteiger partial charge in [-0.2, -0.15) is 0 Å². The van der Waals surface area contributed by atoms with Crippen molar-refractivity contribution in [3.8, 4) is 5.88 Å². The van der Waals surface area contributed by atoms with Crippen LogP contribution in [0.3, 0.4) is 0 Å². The van der Waals surface area contributed by atoms with Crippen LogP contribution in [0.25, 0.3) is 0 Å². The molecule has 0 aliphatic rings. The molecule has 0 fully saturated rings. The highest BCUT2D eigenvalue weighted by atomic mass is 16.5. The number of nitrogens with two attached hydrogens (primary N) is 1. The molecule has 0 bridgehead atoms. The molecule has 0 spiro atoms. The summed E-state index contributed by atoms with van der Waals surface area (Å²) < 4.78 is 5.50. The zero-order valence-corrected chi connectivity index (χ0v) is 8.97. The van der Waals surface area contributed by atoms with Crippen molar-refractivity contribution in [2.45, 2.75) is 6.42 Å². The van der Waals surface area contributed by atoms with E-state index in [2.05, 4.69) is 17.1 Å². The summed E-state index contributed by atoms with van der Waals surface area (Å²) in [4.78, 5) is 4.06. The number of hydrogen-bond donors (Lipinski definition) is 1. The maximum Gasteiger partial charge on any atom is 0.237 e. The summed E-state index contributed by atoms with van der Waals surface area (Å²) in [6.07, 6.45) is 2.53. The Balaban J connectivity index is 1.87. The van der Waals surface area contributed by atoms with Crippen LogP contribution in [0.1, 0.15) is 5.56 Å². The lowest BCUT2D eigenvalue weighted by Gasteiger charge is -2.06. The normalized spacial score (nSPS) is 10.0. The zero-order chi connectivity index (χ0) is 11.2. The molecule has 0 amide bonds. The van der Waals surface area contributed by atoms with E-state index >= 15 is 0 Å². The highest BCUT2D eigenvalue weighted by Crippen LogP contribution is 2.16. The van der Waals surface area contributed by atoms with Gasteiger partial charge < -0.3 is 10.5 Å². The van der Waals surface area contributed by atoms with Crippen LogP contribution in [0.15, 0.2) is 48.7 Å². The van der Waals surface area contributed by atoms with Gasteiger partial charge in [0.05, 0.1) is 12.3 Å². The number of anilines is 1. The third-order valence-electron chi connectivity index (χ3n) is 2.27. The van der Waals surface area contributed by atoms with Crippen LogP contribution in [-0.2, 0) is 6.42 Å². The van der Waals surface area contributed by atoms with Crippen LogP contribution in [0.2, 0.25) is 0 Å². The molecule has 0 saturated heterocycles. The SMILES string of the molecule is Nc1cccnc1OCCc1ccccc1. The van der Waals surface area contributed by atoms with Crippen molar-refractivity contribution in [3.63, 3.8) is 0 Å². The topological polar surface area (TPSA) is 48.1 Å². The number of benzene rings is 1. The van der Waals surface area contributed by atoms with E-state index in [9.17, 15) is 0 Å². The molecule has 2 N–H and O–H groups in total. The van der Waals surface area contributed by atoms with Gasteiger partial charge in [0.1, 0.15) is 0 Å². The second kappa shape index (κ2) is 5.16. The molecule has 0 aliphatic carbocycles. The van der Waals surface area contributed by atoms with Crippen molar-refractivity contribution in [1.82, 2.24) is 4.98 Å². The molecule has 0 unspecified atom stereocenters. The average molecular weight is 214 g/mol. The molecule has 82 valence electrons. The number of ether oxygens (including phenoxy) is 1. The van der Waals surface area contributed by atoms with Gasteiger partial charge in [-0.15, -0.1) is 0 Å². The quantitative estimate of drug-likeness (QED) is 0.849. The molecule has 0 radical (unpaired) electrons. The van der Waals surface area contributed by atoms with E-state index in [0.29, 0.717) is 18.2 Å². The lowest BCUT2D eigenvalue weighted by Crippen LogP contribution is -2.04.